The van der Waals surface area contributed by atoms with Crippen LogP contribution in [0.25, 0.3) is 0 Å². The molecule has 0 saturated heterocycles. The monoisotopic (exact) mass is 104 g/mol. The Balaban J connectivity index is 3.34. The lowest BCUT2D eigenvalue weighted by Gasteiger charge is -2.07. The summed E-state index contributed by atoms with van der Waals surface area (Å²) in [5, 5.41) is 8.79. The molecule has 4 nitrogen and oxygen atoms in total. The van der Waals surface area contributed by atoms with Crippen molar-refractivity contribution in [2.24, 2.45) is 5.84 Å². The third kappa shape index (κ3) is 2.13. The van der Waals surface area contributed by atoms with Crippen LogP contribution in [0.2, 0.25) is 0 Å². The van der Waals surface area contributed by atoms with Gasteiger partial charge in [-0.25, -0.2) is 5.84 Å². The molecule has 0 spiro atoms. The van der Waals surface area contributed by atoms with Crippen LogP contribution in [0.4, 0.5) is 0 Å². The van der Waals surface area contributed by atoms with Gasteiger partial charge in [-0.3, -0.25) is 9.80 Å². The van der Waals surface area contributed by atoms with Crippen molar-refractivity contribution in [2.75, 3.05) is 6.73 Å². The Labute approximate surface area is 41.5 Å². The normalized spacial score (nSPS) is 8.43. The minimum Gasteiger partial charge on any atom is -0.375 e. The van der Waals surface area contributed by atoms with Crippen molar-refractivity contribution < 1.29 is 9.90 Å². The number of aliphatic hydroxyl groups is 1. The summed E-state index contributed by atoms with van der Waals surface area (Å²) in [7, 11) is 0. The van der Waals surface area contributed by atoms with Gasteiger partial charge < -0.3 is 5.11 Å². The maximum absolute atomic E-state index is 10.0. The van der Waals surface area contributed by atoms with Gasteiger partial charge in [-0.1, -0.05) is 0 Å². The van der Waals surface area contributed by atoms with Gasteiger partial charge >= 0.3 is 0 Å². The first-order valence-corrected chi connectivity index (χ1v) is 1.82. The van der Waals surface area contributed by atoms with E-state index in [1.165, 1.54) is 6.92 Å². The molecule has 1 amide bonds. The molecule has 0 aromatic carbocycles. The van der Waals surface area contributed by atoms with Crippen LogP contribution in [0.15, 0.2) is 0 Å². The summed E-state index contributed by atoms with van der Waals surface area (Å²) < 4.78 is 0. The standard InChI is InChI=1S/C3H8N2O2/c1-3(7)5(4)2-6/h6H,2,4H2,1H3. The van der Waals surface area contributed by atoms with Crippen molar-refractivity contribution in [3.8, 4) is 0 Å². The molecule has 0 aromatic rings. The fourth-order valence-electron chi connectivity index (χ4n) is 0.0996. The SMILES string of the molecule is CC(=O)N(N)CO. The number of hydrogen-bond acceptors (Lipinski definition) is 3. The predicted molar refractivity (Wildman–Crippen MR) is 23.8 cm³/mol. The molecule has 0 aromatic heterocycles. The van der Waals surface area contributed by atoms with Gasteiger partial charge in [0.05, 0.1) is 0 Å². The summed E-state index contributed by atoms with van der Waals surface area (Å²) in [6, 6.07) is 0. The van der Waals surface area contributed by atoms with E-state index in [0.29, 0.717) is 5.01 Å². The van der Waals surface area contributed by atoms with Crippen LogP contribution in [0.3, 0.4) is 0 Å². The summed E-state index contributed by atoms with van der Waals surface area (Å²) in [6.07, 6.45) is 0. The van der Waals surface area contributed by atoms with Gasteiger partial charge in [-0.15, -0.1) is 0 Å². The maximum atomic E-state index is 10.0. The molecule has 42 valence electrons. The zero-order valence-corrected chi connectivity index (χ0v) is 4.09. The summed E-state index contributed by atoms with van der Waals surface area (Å²) in [4.78, 5) is 10.0. The van der Waals surface area contributed by atoms with Gasteiger partial charge in [0, 0.05) is 6.92 Å². The second-order valence-corrected chi connectivity index (χ2v) is 1.13. The Bertz CT molecular complexity index is 73.3. The van der Waals surface area contributed by atoms with Gasteiger partial charge in [-0.05, 0) is 0 Å². The molecule has 3 N–H and O–H groups in total. The molecule has 0 fully saturated rings. The molecule has 0 radical (unpaired) electrons. The first-order valence-electron chi connectivity index (χ1n) is 1.82. The fraction of sp³-hybridized carbons (Fsp3) is 0.667. The van der Waals surface area contributed by atoms with E-state index < -0.39 is 6.73 Å². The number of amides is 1. The second kappa shape index (κ2) is 2.54. The highest BCUT2D eigenvalue weighted by atomic mass is 16.3. The van der Waals surface area contributed by atoms with Crippen LogP contribution < -0.4 is 5.84 Å². The highest BCUT2D eigenvalue weighted by Crippen LogP contribution is 1.70. The van der Waals surface area contributed by atoms with E-state index in [4.69, 9.17) is 10.9 Å². The molecule has 7 heavy (non-hydrogen) atoms. The molecular weight excluding hydrogens is 96.0 g/mol. The van der Waals surface area contributed by atoms with Gasteiger partial charge in [0.25, 0.3) is 0 Å². The highest BCUT2D eigenvalue weighted by Gasteiger charge is 1.95. The Morgan fingerprint density at radius 3 is 2.43 bits per heavy atom. The zero-order valence-electron chi connectivity index (χ0n) is 4.09. The molecule has 0 unspecified atom stereocenters. The van der Waals surface area contributed by atoms with E-state index >= 15 is 0 Å². The van der Waals surface area contributed by atoms with Crippen molar-refractivity contribution in [1.82, 2.24) is 5.01 Å². The first kappa shape index (κ1) is 6.39. The number of nitrogens with two attached hydrogens (primary N) is 1. The van der Waals surface area contributed by atoms with E-state index in [9.17, 15) is 4.79 Å². The van der Waals surface area contributed by atoms with Crippen molar-refractivity contribution in [1.29, 1.82) is 0 Å². The minimum absolute atomic E-state index is 0.345. The maximum Gasteiger partial charge on any atom is 0.235 e. The number of hydrazine groups is 1. The Hall–Kier alpha value is -0.610. The van der Waals surface area contributed by atoms with Gasteiger partial charge in [0.15, 0.2) is 0 Å². The molecular formula is C3H8N2O2. The van der Waals surface area contributed by atoms with Crippen LogP contribution in [-0.4, -0.2) is 22.8 Å². The minimum atomic E-state index is -0.421. The molecule has 0 aliphatic rings. The second-order valence-electron chi connectivity index (χ2n) is 1.13. The lowest BCUT2D eigenvalue weighted by molar-refractivity contribution is -0.132. The lowest BCUT2D eigenvalue weighted by Crippen LogP contribution is -2.35. The van der Waals surface area contributed by atoms with Gasteiger partial charge in [-0.2, -0.15) is 0 Å². The molecule has 0 rings (SSSR count). The molecule has 0 heterocycles. The van der Waals surface area contributed by atoms with Crippen molar-refractivity contribution in [3.63, 3.8) is 0 Å². The third-order valence-corrected chi connectivity index (χ3v) is 0.557. The van der Waals surface area contributed by atoms with E-state index in [0.717, 1.165) is 0 Å². The zero-order chi connectivity index (χ0) is 5.86. The summed E-state index contributed by atoms with van der Waals surface area (Å²) in [5.74, 6) is 4.50. The van der Waals surface area contributed by atoms with E-state index in [1.54, 1.807) is 0 Å². The topological polar surface area (TPSA) is 66.6 Å². The number of hydrogen-bond donors (Lipinski definition) is 2. The van der Waals surface area contributed by atoms with Crippen molar-refractivity contribution >= 4 is 5.91 Å². The molecule has 0 bridgehead atoms. The van der Waals surface area contributed by atoms with Crippen LogP contribution in [0.1, 0.15) is 6.92 Å². The average Bonchev–Trinajstić information content (AvgIpc) is 1.65. The highest BCUT2D eigenvalue weighted by molar-refractivity contribution is 5.72. The van der Waals surface area contributed by atoms with E-state index in [2.05, 4.69) is 0 Å². The molecule has 0 aliphatic carbocycles. The summed E-state index contributed by atoms with van der Waals surface area (Å²) in [6.45, 7) is 0.853. The van der Waals surface area contributed by atoms with E-state index in [-0.39, 0.29) is 5.91 Å². The smallest absolute Gasteiger partial charge is 0.235 e. The number of nitrogens with zero attached hydrogens (tertiary/aromatic N) is 1. The van der Waals surface area contributed by atoms with E-state index in [1.807, 2.05) is 0 Å². The molecule has 0 atom stereocenters. The van der Waals surface area contributed by atoms with Crippen LogP contribution in [0, 0.1) is 0 Å². The largest absolute Gasteiger partial charge is 0.375 e. The first-order chi connectivity index (χ1) is 3.18. The van der Waals surface area contributed by atoms with Crippen LogP contribution in [0.5, 0.6) is 0 Å². The Morgan fingerprint density at radius 1 is 2.00 bits per heavy atom. The average molecular weight is 104 g/mol. The van der Waals surface area contributed by atoms with Crippen LogP contribution >= 0.6 is 0 Å². The molecule has 0 saturated carbocycles. The quantitative estimate of drug-likeness (QED) is 0.187. The number of aliphatic hydroxyl groups excluding tert-OH is 1. The summed E-state index contributed by atoms with van der Waals surface area (Å²) in [5.41, 5.74) is 0. The van der Waals surface area contributed by atoms with Crippen molar-refractivity contribution in [2.45, 2.75) is 6.92 Å². The van der Waals surface area contributed by atoms with Crippen molar-refractivity contribution in [3.05, 3.63) is 0 Å². The number of rotatable bonds is 1. The molecule has 4 heteroatoms. The Morgan fingerprint density at radius 2 is 2.43 bits per heavy atom. The Kier molecular flexibility index (Phi) is 2.32. The third-order valence-electron chi connectivity index (χ3n) is 0.557. The van der Waals surface area contributed by atoms with Gasteiger partial charge in [0.1, 0.15) is 6.73 Å². The van der Waals surface area contributed by atoms with Gasteiger partial charge in [0.2, 0.25) is 5.91 Å². The fourth-order valence-corrected chi connectivity index (χ4v) is 0.0996. The number of carbonyl (C=O) groups excluding carboxylic acids is 1. The lowest BCUT2D eigenvalue weighted by atomic mass is 10.7. The predicted octanol–water partition coefficient (Wildman–Crippen LogP) is -1.34. The van der Waals surface area contributed by atoms with Crippen LogP contribution in [-0.2, 0) is 4.79 Å². The molecule has 0 aliphatic heterocycles. The summed E-state index contributed by atoms with van der Waals surface area (Å²) >= 11 is 0. The number of carbonyl (C=O) groups is 1.